The van der Waals surface area contributed by atoms with Crippen molar-refractivity contribution in [1.29, 1.82) is 0 Å². The van der Waals surface area contributed by atoms with Gasteiger partial charge in [0.15, 0.2) is 0 Å². The highest BCUT2D eigenvalue weighted by molar-refractivity contribution is 14.1. The van der Waals surface area contributed by atoms with Gasteiger partial charge in [-0.2, -0.15) is 0 Å². The molecule has 0 radical (unpaired) electrons. The smallest absolute Gasteiger partial charge is 0.339 e. The number of halogens is 3. The van der Waals surface area contributed by atoms with Gasteiger partial charge in [0.05, 0.1) is 16.2 Å². The molecule has 2 aromatic carbocycles. The number of amides is 1. The van der Waals surface area contributed by atoms with Crippen LogP contribution in [0.4, 0.5) is 5.00 Å². The number of thiophene rings is 1. The Bertz CT molecular complexity index is 1130. The van der Waals surface area contributed by atoms with E-state index < -0.39 is 5.97 Å². The topological polar surface area (TPSA) is 75.6 Å². The zero-order valence-electron chi connectivity index (χ0n) is 15.2. The second-order valence-electron chi connectivity index (χ2n) is 6.05. The Morgan fingerprint density at radius 1 is 1.10 bits per heavy atom. The van der Waals surface area contributed by atoms with Gasteiger partial charge in [-0.3, -0.25) is 4.79 Å². The minimum Gasteiger partial charge on any atom is -0.496 e. The van der Waals surface area contributed by atoms with E-state index >= 15 is 0 Å². The average Bonchev–Trinajstić information content (AvgIpc) is 3.08. The van der Waals surface area contributed by atoms with Crippen molar-refractivity contribution >= 4 is 96.0 Å². The fraction of sp³-hybridized carbons (Fsp3) is 0.100. The number of anilines is 1. The van der Waals surface area contributed by atoms with Crippen molar-refractivity contribution in [2.75, 3.05) is 12.4 Å². The number of carboxylic acid groups (broad SMARTS) is 1. The molecule has 1 aromatic heterocycles. The normalized spacial score (nSPS) is 10.7. The molecule has 150 valence electrons. The lowest BCUT2D eigenvalue weighted by Gasteiger charge is -2.13. The summed E-state index contributed by atoms with van der Waals surface area (Å²) in [6.45, 7) is 1.95. The number of methoxy groups -OCH3 is 1. The molecule has 5 nitrogen and oxygen atoms in total. The number of carbonyl (C=O) groups is 2. The van der Waals surface area contributed by atoms with Crippen LogP contribution in [0.2, 0.25) is 0 Å². The standard InChI is InChI=1S/C20H14I3NO4S/c1-9-4-3-5-10(6-9)11-8-29-19(14(11)20(26)27)24-18(25)15-12(21)7-13(28-2)16(22)17(15)23/h3-8H,1-2H3,(H,24,25)(H,26,27). The maximum absolute atomic E-state index is 13.0. The van der Waals surface area contributed by atoms with Crippen molar-refractivity contribution in [3.8, 4) is 16.9 Å². The van der Waals surface area contributed by atoms with E-state index in [9.17, 15) is 14.7 Å². The average molecular weight is 745 g/mol. The summed E-state index contributed by atoms with van der Waals surface area (Å²) in [4.78, 5) is 25.0. The van der Waals surface area contributed by atoms with Crippen LogP contribution < -0.4 is 10.1 Å². The first-order chi connectivity index (χ1) is 13.7. The number of hydrogen-bond acceptors (Lipinski definition) is 4. The van der Waals surface area contributed by atoms with Crippen molar-refractivity contribution in [1.82, 2.24) is 0 Å². The van der Waals surface area contributed by atoms with Gasteiger partial charge in [0, 0.05) is 18.1 Å². The SMILES string of the molecule is COc1cc(I)c(C(=O)Nc2scc(-c3cccc(C)c3)c2C(=O)O)c(I)c1I. The number of carboxylic acids is 1. The summed E-state index contributed by atoms with van der Waals surface area (Å²) >= 11 is 7.54. The summed E-state index contributed by atoms with van der Waals surface area (Å²) in [5.41, 5.74) is 3.03. The number of benzene rings is 2. The van der Waals surface area contributed by atoms with Crippen LogP contribution in [-0.2, 0) is 0 Å². The molecule has 3 rings (SSSR count). The molecule has 0 aliphatic carbocycles. The Morgan fingerprint density at radius 3 is 2.45 bits per heavy atom. The number of hydrogen-bond donors (Lipinski definition) is 2. The van der Waals surface area contributed by atoms with Crippen LogP contribution in [-0.4, -0.2) is 24.1 Å². The van der Waals surface area contributed by atoms with Crippen LogP contribution >= 0.6 is 79.1 Å². The third-order valence-electron chi connectivity index (χ3n) is 4.13. The number of rotatable bonds is 5. The molecule has 0 atom stereocenters. The minimum atomic E-state index is -1.08. The number of carbonyl (C=O) groups excluding carboxylic acids is 1. The van der Waals surface area contributed by atoms with E-state index in [4.69, 9.17) is 4.74 Å². The number of nitrogens with one attached hydrogen (secondary N) is 1. The van der Waals surface area contributed by atoms with E-state index in [0.717, 1.165) is 21.8 Å². The van der Waals surface area contributed by atoms with Gasteiger partial charge >= 0.3 is 5.97 Å². The Labute approximate surface area is 212 Å². The lowest BCUT2D eigenvalue weighted by Crippen LogP contribution is -2.17. The Morgan fingerprint density at radius 2 is 1.83 bits per heavy atom. The summed E-state index contributed by atoms with van der Waals surface area (Å²) in [5.74, 6) is -0.730. The molecule has 0 aliphatic heterocycles. The van der Waals surface area contributed by atoms with Crippen molar-refractivity contribution in [3.63, 3.8) is 0 Å². The van der Waals surface area contributed by atoms with Crippen LogP contribution in [0.1, 0.15) is 26.3 Å². The molecule has 0 bridgehead atoms. The van der Waals surface area contributed by atoms with Crippen LogP contribution in [0, 0.1) is 17.6 Å². The third-order valence-corrected chi connectivity index (χ3v) is 9.06. The minimum absolute atomic E-state index is 0.0992. The monoisotopic (exact) mass is 745 g/mol. The second-order valence-corrected chi connectivity index (χ2v) is 10.2. The van der Waals surface area contributed by atoms with Crippen LogP contribution in [0.3, 0.4) is 0 Å². The summed E-state index contributed by atoms with van der Waals surface area (Å²) in [6.07, 6.45) is 0. The summed E-state index contributed by atoms with van der Waals surface area (Å²) in [6, 6.07) is 9.43. The van der Waals surface area contributed by atoms with Crippen molar-refractivity contribution in [2.45, 2.75) is 6.92 Å². The van der Waals surface area contributed by atoms with Gasteiger partial charge < -0.3 is 15.2 Å². The highest BCUT2D eigenvalue weighted by Gasteiger charge is 2.25. The lowest BCUT2D eigenvalue weighted by molar-refractivity contribution is 0.0699. The van der Waals surface area contributed by atoms with Gasteiger partial charge in [0.1, 0.15) is 16.3 Å². The predicted octanol–water partition coefficient (Wildman–Crippen LogP) is 6.50. The highest BCUT2D eigenvalue weighted by atomic mass is 127. The van der Waals surface area contributed by atoms with E-state index in [-0.39, 0.29) is 11.5 Å². The molecule has 1 heterocycles. The van der Waals surface area contributed by atoms with Gasteiger partial charge in [-0.25, -0.2) is 4.79 Å². The van der Waals surface area contributed by atoms with Gasteiger partial charge in [0.2, 0.25) is 0 Å². The molecule has 0 unspecified atom stereocenters. The summed E-state index contributed by atoms with van der Waals surface area (Å²) in [5, 5.41) is 14.7. The zero-order valence-corrected chi connectivity index (χ0v) is 22.5. The van der Waals surface area contributed by atoms with Crippen LogP contribution in [0.15, 0.2) is 35.7 Å². The van der Waals surface area contributed by atoms with E-state index in [0.29, 0.717) is 21.9 Å². The lowest BCUT2D eigenvalue weighted by atomic mass is 10.0. The molecule has 2 N–H and O–H groups in total. The molecule has 3 aromatic rings. The molecule has 0 saturated carbocycles. The first kappa shape index (κ1) is 22.7. The van der Waals surface area contributed by atoms with E-state index in [1.165, 1.54) is 11.3 Å². The number of aryl methyl sites for hydroxylation is 1. The predicted molar refractivity (Wildman–Crippen MR) is 141 cm³/mol. The molecular weight excluding hydrogens is 731 g/mol. The van der Waals surface area contributed by atoms with Gasteiger partial charge in [-0.1, -0.05) is 29.8 Å². The van der Waals surface area contributed by atoms with Crippen LogP contribution in [0.5, 0.6) is 5.75 Å². The Balaban J connectivity index is 2.03. The van der Waals surface area contributed by atoms with E-state index in [1.807, 2.05) is 31.2 Å². The van der Waals surface area contributed by atoms with E-state index in [2.05, 4.69) is 73.1 Å². The molecular formula is C20H14I3NO4S. The van der Waals surface area contributed by atoms with Crippen molar-refractivity contribution in [2.24, 2.45) is 0 Å². The molecule has 0 aliphatic rings. The molecule has 1 amide bonds. The third kappa shape index (κ3) is 4.71. The van der Waals surface area contributed by atoms with Crippen LogP contribution in [0.25, 0.3) is 11.1 Å². The van der Waals surface area contributed by atoms with Crippen molar-refractivity contribution < 1.29 is 19.4 Å². The van der Waals surface area contributed by atoms with Gasteiger partial charge in [-0.05, 0) is 86.3 Å². The molecule has 0 saturated heterocycles. The zero-order chi connectivity index (χ0) is 21.3. The first-order valence-corrected chi connectivity index (χ1v) is 12.3. The van der Waals surface area contributed by atoms with E-state index in [1.54, 1.807) is 18.6 Å². The fourth-order valence-corrected chi connectivity index (χ4v) is 6.50. The van der Waals surface area contributed by atoms with Gasteiger partial charge in [0.25, 0.3) is 5.91 Å². The number of aromatic carboxylic acids is 1. The summed E-state index contributed by atoms with van der Waals surface area (Å²) < 4.78 is 7.67. The fourth-order valence-electron chi connectivity index (χ4n) is 2.78. The molecule has 9 heteroatoms. The Hall–Kier alpha value is -0.930. The highest BCUT2D eigenvalue weighted by Crippen LogP contribution is 2.37. The maximum atomic E-state index is 13.0. The maximum Gasteiger partial charge on any atom is 0.339 e. The summed E-state index contributed by atoms with van der Waals surface area (Å²) in [7, 11) is 1.58. The van der Waals surface area contributed by atoms with Gasteiger partial charge in [-0.15, -0.1) is 11.3 Å². The number of ether oxygens (including phenoxy) is 1. The molecule has 29 heavy (non-hydrogen) atoms. The second kappa shape index (κ2) is 9.47. The van der Waals surface area contributed by atoms with Crippen molar-refractivity contribution in [3.05, 3.63) is 63.1 Å². The Kier molecular flexibility index (Phi) is 7.43. The molecule has 0 spiro atoms. The first-order valence-electron chi connectivity index (χ1n) is 8.19. The molecule has 0 fully saturated rings. The largest absolute Gasteiger partial charge is 0.496 e. The quantitative estimate of drug-likeness (QED) is 0.231.